The van der Waals surface area contributed by atoms with Crippen LogP contribution in [0.2, 0.25) is 0 Å². The molecular formula is C24H35N5O3. The molecular weight excluding hydrogens is 406 g/mol. The van der Waals surface area contributed by atoms with E-state index in [0.29, 0.717) is 25.6 Å². The minimum Gasteiger partial charge on any atom is -0.492 e. The summed E-state index contributed by atoms with van der Waals surface area (Å²) in [6.07, 6.45) is 5.21. The van der Waals surface area contributed by atoms with Crippen molar-refractivity contribution in [3.63, 3.8) is 0 Å². The molecule has 4 rings (SSSR count). The topological polar surface area (TPSA) is 74.2 Å². The van der Waals surface area contributed by atoms with Gasteiger partial charge >= 0.3 is 0 Å². The second kappa shape index (κ2) is 11.0. The van der Waals surface area contributed by atoms with Crippen LogP contribution in [0.5, 0.6) is 5.75 Å². The summed E-state index contributed by atoms with van der Waals surface area (Å²) in [5.74, 6) is 1.59. The molecule has 8 nitrogen and oxygen atoms in total. The van der Waals surface area contributed by atoms with E-state index < -0.39 is 5.60 Å². The Kier molecular flexibility index (Phi) is 7.91. The fraction of sp³-hybridized carbons (Fsp3) is 0.583. The van der Waals surface area contributed by atoms with Gasteiger partial charge in [-0.1, -0.05) is 12.1 Å². The van der Waals surface area contributed by atoms with Crippen LogP contribution in [0.3, 0.4) is 0 Å². The molecule has 2 aromatic rings. The van der Waals surface area contributed by atoms with Gasteiger partial charge < -0.3 is 19.5 Å². The van der Waals surface area contributed by atoms with E-state index in [0.717, 1.165) is 64.5 Å². The molecule has 3 heterocycles. The highest BCUT2D eigenvalue weighted by atomic mass is 16.5. The van der Waals surface area contributed by atoms with Gasteiger partial charge in [-0.05, 0) is 43.7 Å². The Morgan fingerprint density at radius 1 is 1.12 bits per heavy atom. The van der Waals surface area contributed by atoms with Gasteiger partial charge in [0, 0.05) is 51.7 Å². The lowest BCUT2D eigenvalue weighted by atomic mass is 9.92. The minimum absolute atomic E-state index is 0.553. The Labute approximate surface area is 190 Å². The van der Waals surface area contributed by atoms with Gasteiger partial charge in [-0.3, -0.25) is 9.80 Å². The van der Waals surface area contributed by atoms with Crippen LogP contribution in [0.15, 0.2) is 42.7 Å². The zero-order chi connectivity index (χ0) is 22.2. The number of β-amino-alcohol motifs (C(OH)–C–C–N with tert-alkyl or cyclic N) is 1. The maximum atomic E-state index is 11.2. The van der Waals surface area contributed by atoms with Crippen molar-refractivity contribution in [2.24, 2.45) is 0 Å². The van der Waals surface area contributed by atoms with Crippen LogP contribution in [0, 0.1) is 0 Å². The molecule has 0 aliphatic carbocycles. The number of morpholine rings is 1. The van der Waals surface area contributed by atoms with Gasteiger partial charge in [0.05, 0.1) is 25.4 Å². The standard InChI is InChI=1S/C24H35N5O3/c1-27(19-24(30)8-2-11-29(20-24)23-25-9-3-10-26-23)18-21-4-6-22(7-5-21)32-17-14-28-12-15-31-16-13-28/h3-7,9-10,30H,2,8,11-20H2,1H3. The molecule has 0 spiro atoms. The van der Waals surface area contributed by atoms with E-state index >= 15 is 0 Å². The zero-order valence-electron chi connectivity index (χ0n) is 19.0. The number of ether oxygens (including phenoxy) is 2. The summed E-state index contributed by atoms with van der Waals surface area (Å²) >= 11 is 0. The van der Waals surface area contributed by atoms with Crippen LogP contribution < -0.4 is 9.64 Å². The molecule has 2 saturated heterocycles. The quantitative estimate of drug-likeness (QED) is 0.630. The largest absolute Gasteiger partial charge is 0.492 e. The molecule has 1 aromatic carbocycles. The summed E-state index contributed by atoms with van der Waals surface area (Å²) in [5, 5.41) is 11.2. The third-order valence-corrected chi connectivity index (χ3v) is 6.11. The third kappa shape index (κ3) is 6.62. The number of benzene rings is 1. The molecule has 1 unspecified atom stereocenters. The molecule has 174 valence electrons. The lowest BCUT2D eigenvalue weighted by Gasteiger charge is -2.41. The molecule has 2 fully saturated rings. The van der Waals surface area contributed by atoms with Crippen molar-refractivity contribution in [3.05, 3.63) is 48.3 Å². The molecule has 0 radical (unpaired) electrons. The van der Waals surface area contributed by atoms with E-state index in [-0.39, 0.29) is 0 Å². The first-order valence-corrected chi connectivity index (χ1v) is 11.5. The van der Waals surface area contributed by atoms with E-state index in [1.165, 1.54) is 5.56 Å². The molecule has 1 atom stereocenters. The monoisotopic (exact) mass is 441 g/mol. The highest BCUT2D eigenvalue weighted by molar-refractivity contribution is 5.31. The van der Waals surface area contributed by atoms with E-state index in [4.69, 9.17) is 9.47 Å². The van der Waals surface area contributed by atoms with Crippen LogP contribution in [0.4, 0.5) is 5.95 Å². The van der Waals surface area contributed by atoms with Crippen molar-refractivity contribution >= 4 is 5.95 Å². The first-order chi connectivity index (χ1) is 15.6. The Balaban J connectivity index is 1.23. The number of nitrogens with zero attached hydrogens (tertiary/aromatic N) is 5. The first-order valence-electron chi connectivity index (χ1n) is 11.5. The predicted molar refractivity (Wildman–Crippen MR) is 124 cm³/mol. The SMILES string of the molecule is CN(Cc1ccc(OCCN2CCOCC2)cc1)CC1(O)CCCN(c2ncccn2)C1. The van der Waals surface area contributed by atoms with E-state index in [1.807, 2.05) is 18.2 Å². The second-order valence-electron chi connectivity index (χ2n) is 8.92. The molecule has 1 aromatic heterocycles. The lowest BCUT2D eigenvalue weighted by Crippen LogP contribution is -2.54. The van der Waals surface area contributed by atoms with Gasteiger partial charge in [0.25, 0.3) is 0 Å². The minimum atomic E-state index is -0.769. The van der Waals surface area contributed by atoms with E-state index in [1.54, 1.807) is 12.4 Å². The maximum Gasteiger partial charge on any atom is 0.225 e. The van der Waals surface area contributed by atoms with Gasteiger partial charge in [0.1, 0.15) is 12.4 Å². The Morgan fingerprint density at radius 3 is 2.62 bits per heavy atom. The number of piperidine rings is 1. The number of aliphatic hydroxyl groups is 1. The molecule has 1 N–H and O–H groups in total. The highest BCUT2D eigenvalue weighted by Gasteiger charge is 2.35. The Hall–Kier alpha value is -2.26. The van der Waals surface area contributed by atoms with Crippen LogP contribution in [-0.4, -0.2) is 96.6 Å². The van der Waals surface area contributed by atoms with Crippen LogP contribution in [0.1, 0.15) is 18.4 Å². The van der Waals surface area contributed by atoms with Crippen molar-refractivity contribution in [2.45, 2.75) is 25.0 Å². The zero-order valence-corrected chi connectivity index (χ0v) is 19.0. The normalized spacial score (nSPS) is 22.3. The molecule has 2 aliphatic heterocycles. The molecule has 0 amide bonds. The average molecular weight is 442 g/mol. The van der Waals surface area contributed by atoms with Gasteiger partial charge in [0.2, 0.25) is 5.95 Å². The highest BCUT2D eigenvalue weighted by Crippen LogP contribution is 2.25. The molecule has 0 bridgehead atoms. The number of rotatable bonds is 9. The first kappa shape index (κ1) is 22.9. The lowest BCUT2D eigenvalue weighted by molar-refractivity contribution is -0.00366. The number of likely N-dealkylation sites (N-methyl/N-ethyl adjacent to an activating group) is 1. The predicted octanol–water partition coefficient (Wildman–Crippen LogP) is 1.65. The van der Waals surface area contributed by atoms with E-state index in [2.05, 4.69) is 43.8 Å². The average Bonchev–Trinajstić information content (AvgIpc) is 2.81. The Bertz CT molecular complexity index is 816. The van der Waals surface area contributed by atoms with Crippen LogP contribution >= 0.6 is 0 Å². The third-order valence-electron chi connectivity index (χ3n) is 6.11. The molecule has 2 aliphatic rings. The molecule has 0 saturated carbocycles. The van der Waals surface area contributed by atoms with Crippen molar-refractivity contribution in [3.8, 4) is 5.75 Å². The summed E-state index contributed by atoms with van der Waals surface area (Å²) in [4.78, 5) is 15.3. The van der Waals surface area contributed by atoms with Crippen molar-refractivity contribution < 1.29 is 14.6 Å². The van der Waals surface area contributed by atoms with Crippen LogP contribution in [0.25, 0.3) is 0 Å². The number of hydrogen-bond acceptors (Lipinski definition) is 8. The summed E-state index contributed by atoms with van der Waals surface area (Å²) in [6, 6.07) is 10.1. The summed E-state index contributed by atoms with van der Waals surface area (Å²) < 4.78 is 11.3. The van der Waals surface area contributed by atoms with Crippen LogP contribution in [-0.2, 0) is 11.3 Å². The van der Waals surface area contributed by atoms with Gasteiger partial charge in [-0.25, -0.2) is 9.97 Å². The number of anilines is 1. The van der Waals surface area contributed by atoms with Crippen molar-refractivity contribution in [1.29, 1.82) is 0 Å². The summed E-state index contributed by atoms with van der Waals surface area (Å²) in [7, 11) is 2.06. The smallest absolute Gasteiger partial charge is 0.225 e. The number of aromatic nitrogens is 2. The van der Waals surface area contributed by atoms with Gasteiger partial charge in [-0.2, -0.15) is 0 Å². The Morgan fingerprint density at radius 2 is 1.88 bits per heavy atom. The van der Waals surface area contributed by atoms with Gasteiger partial charge in [0.15, 0.2) is 0 Å². The fourth-order valence-electron chi connectivity index (χ4n) is 4.55. The van der Waals surface area contributed by atoms with E-state index in [9.17, 15) is 5.11 Å². The molecule has 32 heavy (non-hydrogen) atoms. The number of hydrogen-bond donors (Lipinski definition) is 1. The summed E-state index contributed by atoms with van der Waals surface area (Å²) in [5.41, 5.74) is 0.435. The molecule has 8 heteroatoms. The van der Waals surface area contributed by atoms with Gasteiger partial charge in [-0.15, -0.1) is 0 Å². The van der Waals surface area contributed by atoms with Crippen molar-refractivity contribution in [2.75, 3.05) is 71.0 Å². The maximum absolute atomic E-state index is 11.2. The second-order valence-corrected chi connectivity index (χ2v) is 8.92. The summed E-state index contributed by atoms with van der Waals surface area (Å²) in [6.45, 7) is 8.02. The van der Waals surface area contributed by atoms with Crippen molar-refractivity contribution in [1.82, 2.24) is 19.8 Å². The fourth-order valence-corrected chi connectivity index (χ4v) is 4.55.